The van der Waals surface area contributed by atoms with Crippen LogP contribution < -0.4 is 20.7 Å². The van der Waals surface area contributed by atoms with Gasteiger partial charge in [-0.05, 0) is 88.9 Å². The molecule has 19 nitrogen and oxygen atoms in total. The summed E-state index contributed by atoms with van der Waals surface area (Å²) in [6.45, 7) is 8.34. The fraction of sp³-hybridized carbons (Fsp3) is 0.488. The number of fused-ring (bicyclic) bond motifs is 2. The fourth-order valence-electron chi connectivity index (χ4n) is 9.10. The monoisotopic (exact) mass is 846 g/mol. The lowest BCUT2D eigenvalue weighted by molar-refractivity contribution is -0.136. The molecule has 1 unspecified atom stereocenters. The van der Waals surface area contributed by atoms with E-state index in [1.165, 1.54) is 18.2 Å². The van der Waals surface area contributed by atoms with E-state index >= 15 is 0 Å². The number of pyridine rings is 1. The third kappa shape index (κ3) is 8.58. The predicted octanol–water partition coefficient (Wildman–Crippen LogP) is 1.55. The summed E-state index contributed by atoms with van der Waals surface area (Å²) in [5.41, 5.74) is 3.07. The van der Waals surface area contributed by atoms with Crippen LogP contribution in [0.4, 0.5) is 5.82 Å². The number of aryl methyl sites for hydroxylation is 1. The lowest BCUT2D eigenvalue weighted by atomic mass is 9.86. The van der Waals surface area contributed by atoms with E-state index < -0.39 is 29.7 Å². The summed E-state index contributed by atoms with van der Waals surface area (Å²) in [4.78, 5) is 101. The van der Waals surface area contributed by atoms with Crippen molar-refractivity contribution in [1.29, 1.82) is 0 Å². The van der Waals surface area contributed by atoms with Gasteiger partial charge in [-0.15, -0.1) is 0 Å². The maximum atomic E-state index is 13.1. The van der Waals surface area contributed by atoms with Crippen LogP contribution in [-0.4, -0.2) is 157 Å². The SMILES string of the molecule is Cc1cccc(C(=O)NC2CC(n3cnc4c(NC5CCN(CCCN6CCN(C(=O)COc7ccc8c(c7)C(=O)N(C7CCC(=O)NC7=O)C8=O)CC6)CC5)ncnc43)C2)n1. The van der Waals surface area contributed by atoms with E-state index in [0.29, 0.717) is 18.8 Å². The Morgan fingerprint density at radius 3 is 2.37 bits per heavy atom. The zero-order valence-electron chi connectivity index (χ0n) is 34.6. The van der Waals surface area contributed by atoms with Crippen LogP contribution in [0, 0.1) is 6.92 Å². The summed E-state index contributed by atoms with van der Waals surface area (Å²) in [6, 6.07) is 9.40. The first-order valence-corrected chi connectivity index (χ1v) is 21.5. The highest BCUT2D eigenvalue weighted by Crippen LogP contribution is 2.35. The summed E-state index contributed by atoms with van der Waals surface area (Å²) in [5, 5.41) is 8.93. The van der Waals surface area contributed by atoms with Gasteiger partial charge in [0.15, 0.2) is 18.1 Å². The molecule has 4 fully saturated rings. The minimum Gasteiger partial charge on any atom is -0.484 e. The van der Waals surface area contributed by atoms with Crippen molar-refractivity contribution < 1.29 is 33.5 Å². The largest absolute Gasteiger partial charge is 0.484 e. The van der Waals surface area contributed by atoms with Crippen LogP contribution in [0.3, 0.4) is 0 Å². The molecule has 0 radical (unpaired) electrons. The lowest BCUT2D eigenvalue weighted by Gasteiger charge is -2.36. The molecule has 0 bridgehead atoms. The molecule has 1 aliphatic carbocycles. The van der Waals surface area contributed by atoms with Gasteiger partial charge in [0.2, 0.25) is 11.8 Å². The van der Waals surface area contributed by atoms with Crippen LogP contribution in [-0.2, 0) is 14.4 Å². The fourth-order valence-corrected chi connectivity index (χ4v) is 9.10. The number of likely N-dealkylation sites (tertiary alicyclic amines) is 1. The molecule has 62 heavy (non-hydrogen) atoms. The number of rotatable bonds is 13. The summed E-state index contributed by atoms with van der Waals surface area (Å²) >= 11 is 0. The molecule has 3 N–H and O–H groups in total. The van der Waals surface area contributed by atoms with Gasteiger partial charge in [-0.1, -0.05) is 6.07 Å². The minimum absolute atomic E-state index is 0.0425. The zero-order valence-corrected chi connectivity index (χ0v) is 34.6. The van der Waals surface area contributed by atoms with Crippen LogP contribution in [0.2, 0.25) is 0 Å². The van der Waals surface area contributed by atoms with Crippen molar-refractivity contribution in [3.05, 3.63) is 71.6 Å². The van der Waals surface area contributed by atoms with E-state index in [2.05, 4.69) is 45.3 Å². The molecule has 1 atom stereocenters. The molecule has 4 aromatic rings. The number of piperazine rings is 1. The van der Waals surface area contributed by atoms with Crippen molar-refractivity contribution in [3.8, 4) is 5.75 Å². The number of aromatic nitrogens is 5. The van der Waals surface area contributed by atoms with Crippen molar-refractivity contribution in [2.75, 3.05) is 64.3 Å². The Morgan fingerprint density at radius 2 is 1.61 bits per heavy atom. The van der Waals surface area contributed by atoms with E-state index in [0.717, 1.165) is 98.9 Å². The Hall–Kier alpha value is -6.34. The number of hydrogen-bond donors (Lipinski definition) is 3. The number of amides is 6. The quantitative estimate of drug-likeness (QED) is 0.163. The maximum Gasteiger partial charge on any atom is 0.270 e. The highest BCUT2D eigenvalue weighted by molar-refractivity contribution is 6.23. The number of carbonyl (C=O) groups is 6. The van der Waals surface area contributed by atoms with Crippen molar-refractivity contribution in [1.82, 2.24) is 54.7 Å². The van der Waals surface area contributed by atoms with Crippen LogP contribution in [0.5, 0.6) is 5.75 Å². The van der Waals surface area contributed by atoms with Gasteiger partial charge in [-0.25, -0.2) is 19.9 Å². The van der Waals surface area contributed by atoms with E-state index in [1.807, 2.05) is 25.4 Å². The minimum atomic E-state index is -1.05. The van der Waals surface area contributed by atoms with E-state index in [-0.39, 0.29) is 66.3 Å². The molecular weight excluding hydrogens is 797 g/mol. The van der Waals surface area contributed by atoms with Gasteiger partial charge in [0.05, 0.1) is 17.5 Å². The van der Waals surface area contributed by atoms with Gasteiger partial charge in [0, 0.05) is 69.5 Å². The Labute approximate surface area is 357 Å². The smallest absolute Gasteiger partial charge is 0.270 e. The Morgan fingerprint density at radius 1 is 0.855 bits per heavy atom. The molecule has 7 heterocycles. The number of hydrogen-bond acceptors (Lipinski definition) is 14. The van der Waals surface area contributed by atoms with Crippen molar-refractivity contribution in [2.45, 2.75) is 76.0 Å². The topological polar surface area (TPSA) is 217 Å². The number of nitrogens with zero attached hydrogens (tertiary/aromatic N) is 9. The third-order valence-corrected chi connectivity index (χ3v) is 12.7. The number of carbonyl (C=O) groups excluding carboxylic acids is 6. The van der Waals surface area contributed by atoms with E-state index in [4.69, 9.17) is 9.72 Å². The van der Waals surface area contributed by atoms with E-state index in [9.17, 15) is 28.8 Å². The number of imide groups is 2. The number of anilines is 1. The Bertz CT molecular complexity index is 2400. The lowest BCUT2D eigenvalue weighted by Crippen LogP contribution is -2.54. The number of piperidine rings is 2. The average molecular weight is 847 g/mol. The average Bonchev–Trinajstić information content (AvgIpc) is 3.79. The second kappa shape index (κ2) is 17.6. The molecular formula is C43H50N12O7. The summed E-state index contributed by atoms with van der Waals surface area (Å²) in [7, 11) is 0. The number of nitrogens with one attached hydrogen (secondary N) is 3. The number of benzene rings is 1. The number of imidazole rings is 1. The first kappa shape index (κ1) is 41.0. The molecule has 4 aliphatic heterocycles. The number of ether oxygens (including phenoxy) is 1. The third-order valence-electron chi connectivity index (χ3n) is 12.7. The highest BCUT2D eigenvalue weighted by atomic mass is 16.5. The van der Waals surface area contributed by atoms with Gasteiger partial charge in [-0.3, -0.25) is 43.9 Å². The van der Waals surface area contributed by atoms with Crippen LogP contribution in [0.25, 0.3) is 11.2 Å². The standard InChI is InChI=1S/C43H50N12O7/c1-26-4-2-5-33(47-26)40(58)49-28-20-29(21-28)54-25-46-37-38(44-24-45-39(37)54)48-27-10-14-51(15-11-27)12-3-13-52-16-18-53(19-17-52)36(57)23-62-30-6-7-31-32(22-30)43(61)55(42(31)60)34-8-9-35(56)50-41(34)59/h2,4-7,22,24-25,27-29,34H,3,8-21,23H2,1H3,(H,49,58)(H,44,45,48)(H,50,56,59). The molecule has 324 valence electrons. The van der Waals surface area contributed by atoms with Gasteiger partial charge < -0.3 is 29.7 Å². The van der Waals surface area contributed by atoms with Crippen molar-refractivity contribution >= 4 is 52.4 Å². The van der Waals surface area contributed by atoms with Gasteiger partial charge >= 0.3 is 0 Å². The Balaban J connectivity index is 0.665. The summed E-state index contributed by atoms with van der Waals surface area (Å²) < 4.78 is 7.86. The second-order valence-corrected chi connectivity index (χ2v) is 16.8. The summed E-state index contributed by atoms with van der Waals surface area (Å²) in [5.74, 6) is -1.59. The molecule has 9 rings (SSSR count). The highest BCUT2D eigenvalue weighted by Gasteiger charge is 2.45. The van der Waals surface area contributed by atoms with E-state index in [1.54, 1.807) is 17.3 Å². The molecule has 19 heteroatoms. The molecule has 6 amide bonds. The van der Waals surface area contributed by atoms with Crippen LogP contribution >= 0.6 is 0 Å². The molecule has 3 saturated heterocycles. The molecule has 0 spiro atoms. The van der Waals surface area contributed by atoms with Gasteiger partial charge in [0.1, 0.15) is 29.3 Å². The normalized spacial score (nSPS) is 22.4. The van der Waals surface area contributed by atoms with Gasteiger partial charge in [0.25, 0.3) is 23.6 Å². The van der Waals surface area contributed by atoms with Gasteiger partial charge in [-0.2, -0.15) is 0 Å². The first-order chi connectivity index (χ1) is 30.1. The molecule has 1 saturated carbocycles. The van der Waals surface area contributed by atoms with Crippen LogP contribution in [0.15, 0.2) is 49.1 Å². The van der Waals surface area contributed by atoms with Crippen molar-refractivity contribution in [3.63, 3.8) is 0 Å². The van der Waals surface area contributed by atoms with Crippen molar-refractivity contribution in [2.24, 2.45) is 0 Å². The summed E-state index contributed by atoms with van der Waals surface area (Å²) in [6.07, 6.45) is 8.17. The van der Waals surface area contributed by atoms with Crippen LogP contribution in [0.1, 0.15) is 87.9 Å². The second-order valence-electron chi connectivity index (χ2n) is 16.8. The zero-order chi connectivity index (χ0) is 42.9. The Kier molecular flexibility index (Phi) is 11.6. The molecule has 1 aromatic carbocycles. The first-order valence-electron chi connectivity index (χ1n) is 21.5. The predicted molar refractivity (Wildman–Crippen MR) is 223 cm³/mol. The molecule has 3 aromatic heterocycles. The molecule has 5 aliphatic rings. The maximum absolute atomic E-state index is 13.1.